The number of hydrogen-bond donors (Lipinski definition) is 1. The average Bonchev–Trinajstić information content (AvgIpc) is 2.46. The van der Waals surface area contributed by atoms with E-state index in [1.54, 1.807) is 0 Å². The summed E-state index contributed by atoms with van der Waals surface area (Å²) in [5, 5.41) is 3.62. The fraction of sp³-hybridized carbons (Fsp3) is 1.00. The lowest BCUT2D eigenvalue weighted by molar-refractivity contribution is 0.0104. The van der Waals surface area contributed by atoms with Crippen molar-refractivity contribution in [3.63, 3.8) is 0 Å². The van der Waals surface area contributed by atoms with Gasteiger partial charge in [-0.25, -0.2) is 8.78 Å². The van der Waals surface area contributed by atoms with Crippen LogP contribution in [-0.4, -0.2) is 32.2 Å². The van der Waals surface area contributed by atoms with Crippen molar-refractivity contribution in [3.05, 3.63) is 0 Å². The van der Waals surface area contributed by atoms with E-state index in [1.165, 1.54) is 32.1 Å². The monoisotopic (exact) mass is 291 g/mol. The molecule has 20 heavy (non-hydrogen) atoms. The summed E-state index contributed by atoms with van der Waals surface area (Å²) < 4.78 is 29.3. The second-order valence-electron chi connectivity index (χ2n) is 5.93. The molecule has 0 aromatic rings. The number of nitrogens with one attached hydrogen (secondary N) is 1. The molecule has 0 bridgehead atoms. The fourth-order valence-electron chi connectivity index (χ4n) is 3.45. The molecule has 1 fully saturated rings. The predicted octanol–water partition coefficient (Wildman–Crippen LogP) is 4.24. The largest absolute Gasteiger partial charge is 0.375 e. The molecular weight excluding hydrogens is 260 g/mol. The van der Waals surface area contributed by atoms with E-state index in [2.05, 4.69) is 19.2 Å². The topological polar surface area (TPSA) is 21.3 Å². The van der Waals surface area contributed by atoms with E-state index in [0.717, 1.165) is 25.3 Å². The molecule has 0 heterocycles. The Bertz CT molecular complexity index is 239. The first-order valence-electron chi connectivity index (χ1n) is 8.28. The van der Waals surface area contributed by atoms with Crippen LogP contribution in [0.3, 0.4) is 0 Å². The third-order valence-electron chi connectivity index (χ3n) is 4.48. The first-order valence-corrected chi connectivity index (χ1v) is 8.28. The zero-order valence-electron chi connectivity index (χ0n) is 13.0. The SMILES string of the molecule is CCCNC(CCOCC(F)F)C1CCCCC1CC. The van der Waals surface area contributed by atoms with Gasteiger partial charge in [0, 0.05) is 12.6 Å². The molecule has 1 N–H and O–H groups in total. The lowest BCUT2D eigenvalue weighted by Gasteiger charge is -2.37. The smallest absolute Gasteiger partial charge is 0.261 e. The van der Waals surface area contributed by atoms with Crippen molar-refractivity contribution in [2.75, 3.05) is 19.8 Å². The third kappa shape index (κ3) is 6.49. The Hall–Kier alpha value is -0.220. The van der Waals surface area contributed by atoms with Gasteiger partial charge in [0.25, 0.3) is 6.43 Å². The molecule has 0 radical (unpaired) electrons. The molecule has 1 saturated carbocycles. The zero-order chi connectivity index (χ0) is 14.8. The lowest BCUT2D eigenvalue weighted by Crippen LogP contribution is -2.42. The summed E-state index contributed by atoms with van der Waals surface area (Å²) in [6.45, 7) is 5.45. The van der Waals surface area contributed by atoms with Crippen LogP contribution in [0, 0.1) is 11.8 Å². The maximum absolute atomic E-state index is 12.1. The molecular formula is C16H31F2NO. The Labute approximate surface area is 122 Å². The molecule has 1 aliphatic rings. The van der Waals surface area contributed by atoms with Gasteiger partial charge < -0.3 is 10.1 Å². The summed E-state index contributed by atoms with van der Waals surface area (Å²) in [5.74, 6) is 1.48. The second kappa shape index (κ2) is 10.5. The standard InChI is InChI=1S/C16H31F2NO/c1-3-10-19-15(9-11-20-12-16(17)18)14-8-6-5-7-13(14)4-2/h13-16,19H,3-12H2,1-2H3. The molecule has 2 nitrogen and oxygen atoms in total. The minimum absolute atomic E-state index is 0.428. The quantitative estimate of drug-likeness (QED) is 0.608. The fourth-order valence-corrected chi connectivity index (χ4v) is 3.45. The van der Waals surface area contributed by atoms with Crippen molar-refractivity contribution in [2.24, 2.45) is 11.8 Å². The lowest BCUT2D eigenvalue weighted by atomic mass is 9.73. The molecule has 0 amide bonds. The first kappa shape index (κ1) is 17.8. The van der Waals surface area contributed by atoms with Crippen molar-refractivity contribution in [1.29, 1.82) is 0 Å². The molecule has 3 atom stereocenters. The highest BCUT2D eigenvalue weighted by Crippen LogP contribution is 2.35. The molecule has 0 aromatic heterocycles. The Balaban J connectivity index is 2.44. The van der Waals surface area contributed by atoms with Gasteiger partial charge >= 0.3 is 0 Å². The third-order valence-corrected chi connectivity index (χ3v) is 4.48. The molecule has 0 spiro atoms. The highest BCUT2D eigenvalue weighted by atomic mass is 19.3. The van der Waals surface area contributed by atoms with Crippen molar-refractivity contribution >= 4 is 0 Å². The molecule has 0 saturated heterocycles. The van der Waals surface area contributed by atoms with E-state index in [0.29, 0.717) is 18.6 Å². The van der Waals surface area contributed by atoms with Crippen LogP contribution in [0.25, 0.3) is 0 Å². The van der Waals surface area contributed by atoms with Gasteiger partial charge in [0.1, 0.15) is 6.61 Å². The van der Waals surface area contributed by atoms with Crippen LogP contribution in [0.15, 0.2) is 0 Å². The van der Waals surface area contributed by atoms with Gasteiger partial charge in [0.2, 0.25) is 0 Å². The van der Waals surface area contributed by atoms with E-state index < -0.39 is 13.0 Å². The average molecular weight is 291 g/mol. The number of ether oxygens (including phenoxy) is 1. The minimum atomic E-state index is -2.35. The first-order chi connectivity index (χ1) is 9.69. The molecule has 4 heteroatoms. The van der Waals surface area contributed by atoms with E-state index in [4.69, 9.17) is 4.74 Å². The van der Waals surface area contributed by atoms with E-state index in [-0.39, 0.29) is 0 Å². The molecule has 0 aromatic carbocycles. The van der Waals surface area contributed by atoms with Gasteiger partial charge in [0.05, 0.1) is 0 Å². The van der Waals surface area contributed by atoms with Gasteiger partial charge in [-0.15, -0.1) is 0 Å². The number of halogens is 2. The maximum Gasteiger partial charge on any atom is 0.261 e. The highest BCUT2D eigenvalue weighted by molar-refractivity contribution is 4.84. The van der Waals surface area contributed by atoms with Gasteiger partial charge in [-0.2, -0.15) is 0 Å². The molecule has 3 unspecified atom stereocenters. The van der Waals surface area contributed by atoms with Gasteiger partial charge in [-0.05, 0) is 37.6 Å². The Kier molecular flexibility index (Phi) is 9.36. The zero-order valence-corrected chi connectivity index (χ0v) is 13.0. The Morgan fingerprint density at radius 1 is 1.20 bits per heavy atom. The minimum Gasteiger partial charge on any atom is -0.375 e. The normalized spacial score (nSPS) is 25.1. The van der Waals surface area contributed by atoms with E-state index >= 15 is 0 Å². The summed E-state index contributed by atoms with van der Waals surface area (Å²) >= 11 is 0. The van der Waals surface area contributed by atoms with Crippen molar-refractivity contribution in [1.82, 2.24) is 5.32 Å². The molecule has 120 valence electrons. The number of alkyl halides is 2. The van der Waals surface area contributed by atoms with Crippen LogP contribution < -0.4 is 5.32 Å². The van der Waals surface area contributed by atoms with Crippen LogP contribution >= 0.6 is 0 Å². The number of hydrogen-bond acceptors (Lipinski definition) is 2. The van der Waals surface area contributed by atoms with Crippen molar-refractivity contribution < 1.29 is 13.5 Å². The highest BCUT2D eigenvalue weighted by Gasteiger charge is 2.30. The van der Waals surface area contributed by atoms with E-state index in [9.17, 15) is 8.78 Å². The number of rotatable bonds is 10. The summed E-state index contributed by atoms with van der Waals surface area (Å²) in [7, 11) is 0. The molecule has 0 aliphatic heterocycles. The molecule has 1 aliphatic carbocycles. The van der Waals surface area contributed by atoms with Crippen LogP contribution in [0.2, 0.25) is 0 Å². The van der Waals surface area contributed by atoms with Crippen LogP contribution in [0.4, 0.5) is 8.78 Å². The maximum atomic E-state index is 12.1. The molecule has 1 rings (SSSR count). The van der Waals surface area contributed by atoms with Crippen LogP contribution in [0.5, 0.6) is 0 Å². The van der Waals surface area contributed by atoms with Gasteiger partial charge in [-0.3, -0.25) is 0 Å². The summed E-state index contributed by atoms with van der Waals surface area (Å²) in [6.07, 6.45) is 6.09. The van der Waals surface area contributed by atoms with Gasteiger partial charge in [0.15, 0.2) is 0 Å². The Morgan fingerprint density at radius 3 is 2.60 bits per heavy atom. The van der Waals surface area contributed by atoms with Crippen molar-refractivity contribution in [3.8, 4) is 0 Å². The van der Waals surface area contributed by atoms with E-state index in [1.807, 2.05) is 0 Å². The Morgan fingerprint density at radius 2 is 1.95 bits per heavy atom. The van der Waals surface area contributed by atoms with Gasteiger partial charge in [-0.1, -0.05) is 39.5 Å². The van der Waals surface area contributed by atoms with Crippen molar-refractivity contribution in [2.45, 2.75) is 71.3 Å². The summed E-state index contributed by atoms with van der Waals surface area (Å²) in [4.78, 5) is 0. The predicted molar refractivity (Wildman–Crippen MR) is 79.3 cm³/mol. The summed E-state index contributed by atoms with van der Waals surface area (Å²) in [5.41, 5.74) is 0. The van der Waals surface area contributed by atoms with Crippen LogP contribution in [0.1, 0.15) is 58.8 Å². The van der Waals surface area contributed by atoms with Crippen LogP contribution in [-0.2, 0) is 4.74 Å². The summed E-state index contributed by atoms with van der Waals surface area (Å²) in [6, 6.07) is 0.429. The second-order valence-corrected chi connectivity index (χ2v) is 5.93.